The summed E-state index contributed by atoms with van der Waals surface area (Å²) in [6, 6.07) is 0.948. The first-order chi connectivity index (χ1) is 5.59. The van der Waals surface area contributed by atoms with Gasteiger partial charge >= 0.3 is 6.09 Å². The molecule has 1 amide bonds. The number of amides is 1. The van der Waals surface area contributed by atoms with Gasteiger partial charge in [0.05, 0.1) is 11.9 Å². The van der Waals surface area contributed by atoms with Crippen LogP contribution in [-0.4, -0.2) is 16.2 Å². The van der Waals surface area contributed by atoms with Gasteiger partial charge in [0.25, 0.3) is 0 Å². The van der Waals surface area contributed by atoms with Gasteiger partial charge in [-0.05, 0) is 0 Å². The van der Waals surface area contributed by atoms with Gasteiger partial charge in [0.15, 0.2) is 5.15 Å². The van der Waals surface area contributed by atoms with Crippen LogP contribution in [0.5, 0.6) is 0 Å². The van der Waals surface area contributed by atoms with Gasteiger partial charge < -0.3 is 5.11 Å². The fourth-order valence-electron chi connectivity index (χ4n) is 0.625. The summed E-state index contributed by atoms with van der Waals surface area (Å²) in [4.78, 5) is 13.5. The third kappa shape index (κ3) is 2.06. The predicted molar refractivity (Wildman–Crippen MR) is 40.9 cm³/mol. The normalized spacial score (nSPS) is 9.50. The second kappa shape index (κ2) is 3.36. The highest BCUT2D eigenvalue weighted by molar-refractivity contribution is 6.32. The Morgan fingerprint density at radius 2 is 2.42 bits per heavy atom. The second-order valence-electron chi connectivity index (χ2n) is 1.92. The minimum Gasteiger partial charge on any atom is -0.465 e. The molecule has 0 aromatic carbocycles. The largest absolute Gasteiger partial charge is 0.465 e. The van der Waals surface area contributed by atoms with Crippen LogP contribution in [0.3, 0.4) is 0 Å². The van der Waals surface area contributed by atoms with E-state index in [1.807, 2.05) is 5.32 Å². The molecule has 0 fully saturated rings. The van der Waals surface area contributed by atoms with E-state index in [2.05, 4.69) is 4.98 Å². The standard InChI is InChI=1S/C6H4ClFN2O2/c7-5-4(10-6(11)12)1-3(8)2-9-5/h1-2,10H,(H,11,12). The summed E-state index contributed by atoms with van der Waals surface area (Å²) in [5, 5.41) is 10.1. The Kier molecular flexibility index (Phi) is 2.44. The molecular weight excluding hydrogens is 187 g/mol. The molecule has 0 aliphatic carbocycles. The molecule has 1 heterocycles. The minimum absolute atomic E-state index is 0.0656. The van der Waals surface area contributed by atoms with Crippen molar-refractivity contribution < 1.29 is 14.3 Å². The monoisotopic (exact) mass is 190 g/mol. The zero-order valence-electron chi connectivity index (χ0n) is 5.71. The van der Waals surface area contributed by atoms with E-state index in [4.69, 9.17) is 16.7 Å². The van der Waals surface area contributed by atoms with Crippen LogP contribution in [0.15, 0.2) is 12.3 Å². The van der Waals surface area contributed by atoms with Gasteiger partial charge in [-0.3, -0.25) is 5.32 Å². The third-order valence-corrected chi connectivity index (χ3v) is 1.35. The van der Waals surface area contributed by atoms with Crippen molar-refractivity contribution in [3.05, 3.63) is 23.2 Å². The Morgan fingerprint density at radius 1 is 1.75 bits per heavy atom. The van der Waals surface area contributed by atoms with E-state index < -0.39 is 11.9 Å². The third-order valence-electron chi connectivity index (χ3n) is 1.05. The van der Waals surface area contributed by atoms with Crippen LogP contribution in [0.25, 0.3) is 0 Å². The Bertz CT molecular complexity index is 318. The van der Waals surface area contributed by atoms with Crippen LogP contribution < -0.4 is 5.32 Å². The average Bonchev–Trinajstić information content (AvgIpc) is 1.96. The van der Waals surface area contributed by atoms with E-state index in [-0.39, 0.29) is 10.8 Å². The molecule has 0 aliphatic rings. The molecule has 0 radical (unpaired) electrons. The number of anilines is 1. The van der Waals surface area contributed by atoms with Gasteiger partial charge in [0, 0.05) is 6.07 Å². The quantitative estimate of drug-likeness (QED) is 0.666. The van der Waals surface area contributed by atoms with Gasteiger partial charge in [0.2, 0.25) is 0 Å². The van der Waals surface area contributed by atoms with Crippen molar-refractivity contribution in [1.29, 1.82) is 0 Å². The highest BCUT2D eigenvalue weighted by atomic mass is 35.5. The zero-order chi connectivity index (χ0) is 9.14. The highest BCUT2D eigenvalue weighted by Gasteiger charge is 2.05. The predicted octanol–water partition coefficient (Wildman–Crippen LogP) is 1.96. The molecule has 0 bridgehead atoms. The molecular formula is C6H4ClFN2O2. The Balaban J connectivity index is 2.97. The molecule has 0 spiro atoms. The summed E-state index contributed by atoms with van der Waals surface area (Å²) < 4.78 is 12.4. The number of hydrogen-bond donors (Lipinski definition) is 2. The summed E-state index contributed by atoms with van der Waals surface area (Å²) >= 11 is 5.44. The van der Waals surface area contributed by atoms with Crippen LogP contribution in [0, 0.1) is 5.82 Å². The molecule has 6 heteroatoms. The van der Waals surface area contributed by atoms with Crippen LogP contribution in [-0.2, 0) is 0 Å². The molecule has 12 heavy (non-hydrogen) atoms. The van der Waals surface area contributed by atoms with Crippen molar-refractivity contribution in [1.82, 2.24) is 4.98 Å². The lowest BCUT2D eigenvalue weighted by Gasteiger charge is -2.01. The summed E-state index contributed by atoms with van der Waals surface area (Å²) in [6.45, 7) is 0. The molecule has 0 unspecified atom stereocenters. The summed E-state index contributed by atoms with van der Waals surface area (Å²) in [6.07, 6.45) is -0.417. The fraction of sp³-hybridized carbons (Fsp3) is 0. The molecule has 4 nitrogen and oxygen atoms in total. The number of aromatic nitrogens is 1. The topological polar surface area (TPSA) is 62.2 Å². The first-order valence-electron chi connectivity index (χ1n) is 2.90. The number of hydrogen-bond acceptors (Lipinski definition) is 2. The number of pyridine rings is 1. The van der Waals surface area contributed by atoms with Crippen molar-refractivity contribution >= 4 is 23.4 Å². The highest BCUT2D eigenvalue weighted by Crippen LogP contribution is 2.18. The van der Waals surface area contributed by atoms with Crippen LogP contribution in [0.2, 0.25) is 5.15 Å². The Labute approximate surface area is 72.0 Å². The maximum absolute atomic E-state index is 12.4. The van der Waals surface area contributed by atoms with Gasteiger partial charge in [0.1, 0.15) is 5.82 Å². The van der Waals surface area contributed by atoms with E-state index in [9.17, 15) is 9.18 Å². The maximum atomic E-state index is 12.4. The summed E-state index contributed by atoms with van der Waals surface area (Å²) in [5.41, 5.74) is -0.0656. The number of rotatable bonds is 1. The molecule has 2 N–H and O–H groups in total. The molecule has 64 valence electrons. The van der Waals surface area contributed by atoms with Crippen molar-refractivity contribution in [2.45, 2.75) is 0 Å². The Morgan fingerprint density at radius 3 is 3.00 bits per heavy atom. The number of carboxylic acid groups (broad SMARTS) is 1. The van der Waals surface area contributed by atoms with Crippen molar-refractivity contribution in [3.63, 3.8) is 0 Å². The summed E-state index contributed by atoms with van der Waals surface area (Å²) in [5.74, 6) is -0.650. The first-order valence-corrected chi connectivity index (χ1v) is 3.28. The zero-order valence-corrected chi connectivity index (χ0v) is 6.47. The lowest BCUT2D eigenvalue weighted by Crippen LogP contribution is -2.08. The molecule has 0 saturated heterocycles. The first kappa shape index (κ1) is 8.73. The van der Waals surface area contributed by atoms with E-state index >= 15 is 0 Å². The van der Waals surface area contributed by atoms with E-state index in [1.165, 1.54) is 0 Å². The number of nitrogens with zero attached hydrogens (tertiary/aromatic N) is 1. The van der Waals surface area contributed by atoms with Crippen LogP contribution >= 0.6 is 11.6 Å². The van der Waals surface area contributed by atoms with Gasteiger partial charge in [-0.1, -0.05) is 11.6 Å². The lowest BCUT2D eigenvalue weighted by atomic mass is 10.4. The lowest BCUT2D eigenvalue weighted by molar-refractivity contribution is 0.209. The van der Waals surface area contributed by atoms with E-state index in [1.54, 1.807) is 0 Å². The number of halogens is 2. The van der Waals surface area contributed by atoms with Crippen molar-refractivity contribution in [2.24, 2.45) is 0 Å². The minimum atomic E-state index is -1.32. The summed E-state index contributed by atoms with van der Waals surface area (Å²) in [7, 11) is 0. The second-order valence-corrected chi connectivity index (χ2v) is 2.28. The maximum Gasteiger partial charge on any atom is 0.409 e. The molecule has 1 aromatic heterocycles. The SMILES string of the molecule is O=C(O)Nc1cc(F)cnc1Cl. The van der Waals surface area contributed by atoms with Crippen LogP contribution in [0.1, 0.15) is 0 Å². The molecule has 1 rings (SSSR count). The number of carbonyl (C=O) groups is 1. The Hall–Kier alpha value is -1.36. The molecule has 0 saturated carbocycles. The van der Waals surface area contributed by atoms with Gasteiger partial charge in [-0.15, -0.1) is 0 Å². The fourth-order valence-corrected chi connectivity index (χ4v) is 0.776. The van der Waals surface area contributed by atoms with Crippen LogP contribution in [0.4, 0.5) is 14.9 Å². The molecule has 0 aliphatic heterocycles. The van der Waals surface area contributed by atoms with Crippen molar-refractivity contribution in [3.8, 4) is 0 Å². The van der Waals surface area contributed by atoms with Crippen molar-refractivity contribution in [2.75, 3.05) is 5.32 Å². The van der Waals surface area contributed by atoms with Gasteiger partial charge in [-0.25, -0.2) is 14.2 Å². The number of nitrogens with one attached hydrogen (secondary N) is 1. The molecule has 0 atom stereocenters. The molecule has 1 aromatic rings. The van der Waals surface area contributed by atoms with E-state index in [0.29, 0.717) is 0 Å². The van der Waals surface area contributed by atoms with E-state index in [0.717, 1.165) is 12.3 Å². The smallest absolute Gasteiger partial charge is 0.409 e. The van der Waals surface area contributed by atoms with Gasteiger partial charge in [-0.2, -0.15) is 0 Å². The average molecular weight is 191 g/mol.